The molecule has 2 N–H and O–H groups in total. The van der Waals surface area contributed by atoms with E-state index in [0.717, 1.165) is 17.6 Å². The molecule has 0 saturated heterocycles. The molecule has 0 aliphatic heterocycles. The number of ether oxygens (including phenoxy) is 2. The number of para-hydroxylation sites is 1. The van der Waals surface area contributed by atoms with E-state index in [2.05, 4.69) is 32.6 Å². The van der Waals surface area contributed by atoms with E-state index in [1.807, 2.05) is 0 Å². The molecule has 3 aromatic rings. The fourth-order valence-electron chi connectivity index (χ4n) is 2.82. The normalized spacial score (nSPS) is 11.0. The molecule has 0 unspecified atom stereocenters. The fraction of sp³-hybridized carbons (Fsp3) is 0.429. The van der Waals surface area contributed by atoms with E-state index in [4.69, 9.17) is 9.47 Å². The van der Waals surface area contributed by atoms with Crippen LogP contribution in [-0.2, 0) is 16.1 Å². The summed E-state index contributed by atoms with van der Waals surface area (Å²) in [5, 5.41) is 11.9. The van der Waals surface area contributed by atoms with Crippen molar-refractivity contribution in [2.75, 3.05) is 44.5 Å². The highest BCUT2D eigenvalue weighted by molar-refractivity contribution is 7.99. The predicted octanol–water partition coefficient (Wildman–Crippen LogP) is 2.72. The SMILES string of the molecule is CCCSc1nc(NCCOC)c2cnn(CCNC(=O)COc3ccccc3F)c2n1. The van der Waals surface area contributed by atoms with E-state index in [9.17, 15) is 9.18 Å². The standard InChI is InChI=1S/C21H27FN6O3S/c1-3-12-32-21-26-19(24-9-11-30-2)15-13-25-28(20(15)27-21)10-8-23-18(29)14-31-17-7-5-4-6-16(17)22/h4-7,13H,3,8-12,14H2,1-2H3,(H,23,29)(H,24,26,27). The first-order valence-electron chi connectivity index (χ1n) is 10.4. The molecule has 0 atom stereocenters. The summed E-state index contributed by atoms with van der Waals surface area (Å²) >= 11 is 1.58. The van der Waals surface area contributed by atoms with Crippen LogP contribution in [0.5, 0.6) is 5.75 Å². The molecule has 2 aromatic heterocycles. The Morgan fingerprint density at radius 3 is 2.88 bits per heavy atom. The van der Waals surface area contributed by atoms with Gasteiger partial charge >= 0.3 is 0 Å². The van der Waals surface area contributed by atoms with Crippen LogP contribution in [-0.4, -0.2) is 64.8 Å². The van der Waals surface area contributed by atoms with E-state index in [1.54, 1.807) is 41.9 Å². The molecule has 0 spiro atoms. The molecule has 2 heterocycles. The first-order chi connectivity index (χ1) is 15.6. The summed E-state index contributed by atoms with van der Waals surface area (Å²) < 4.78 is 25.6. The second-order valence-corrected chi connectivity index (χ2v) is 7.86. The first kappa shape index (κ1) is 23.7. The van der Waals surface area contributed by atoms with E-state index in [-0.39, 0.29) is 18.3 Å². The van der Waals surface area contributed by atoms with Crippen LogP contribution in [0.15, 0.2) is 35.6 Å². The molecule has 0 aliphatic carbocycles. The van der Waals surface area contributed by atoms with Gasteiger partial charge in [0.05, 0.1) is 24.7 Å². The van der Waals surface area contributed by atoms with Crippen LogP contribution in [0.4, 0.5) is 10.2 Å². The maximum Gasteiger partial charge on any atom is 0.258 e. The van der Waals surface area contributed by atoms with Crippen molar-refractivity contribution < 1.29 is 18.7 Å². The summed E-state index contributed by atoms with van der Waals surface area (Å²) in [7, 11) is 1.65. The van der Waals surface area contributed by atoms with Gasteiger partial charge in [0.15, 0.2) is 29.0 Å². The smallest absolute Gasteiger partial charge is 0.258 e. The number of rotatable bonds is 13. The van der Waals surface area contributed by atoms with Gasteiger partial charge in [-0.15, -0.1) is 0 Å². The third-order valence-corrected chi connectivity index (χ3v) is 5.40. The Labute approximate surface area is 190 Å². The average molecular weight is 463 g/mol. The number of methoxy groups -OCH3 is 1. The van der Waals surface area contributed by atoms with Gasteiger partial charge in [0, 0.05) is 26.0 Å². The molecule has 0 aliphatic rings. The summed E-state index contributed by atoms with van der Waals surface area (Å²) in [6.07, 6.45) is 2.72. The lowest BCUT2D eigenvalue weighted by Gasteiger charge is -2.10. The van der Waals surface area contributed by atoms with Crippen molar-refractivity contribution in [3.8, 4) is 5.75 Å². The Kier molecular flexibility index (Phi) is 9.05. The van der Waals surface area contributed by atoms with Crippen molar-refractivity contribution in [1.82, 2.24) is 25.1 Å². The molecule has 3 rings (SSSR count). The van der Waals surface area contributed by atoms with Crippen LogP contribution in [0, 0.1) is 5.82 Å². The molecule has 0 fully saturated rings. The number of nitrogens with one attached hydrogen (secondary N) is 2. The lowest BCUT2D eigenvalue weighted by atomic mass is 10.3. The molecule has 0 bridgehead atoms. The van der Waals surface area contributed by atoms with Gasteiger partial charge in [0.25, 0.3) is 5.91 Å². The first-order valence-corrected chi connectivity index (χ1v) is 11.3. The lowest BCUT2D eigenvalue weighted by Crippen LogP contribution is -2.31. The van der Waals surface area contributed by atoms with Crippen molar-refractivity contribution in [1.29, 1.82) is 0 Å². The van der Waals surface area contributed by atoms with E-state index in [1.165, 1.54) is 12.1 Å². The Bertz CT molecular complexity index is 1030. The maximum atomic E-state index is 13.6. The number of nitrogens with zero attached hydrogens (tertiary/aromatic N) is 4. The summed E-state index contributed by atoms with van der Waals surface area (Å²) in [4.78, 5) is 21.3. The lowest BCUT2D eigenvalue weighted by molar-refractivity contribution is -0.123. The predicted molar refractivity (Wildman–Crippen MR) is 122 cm³/mol. The second-order valence-electron chi connectivity index (χ2n) is 6.80. The number of fused-ring (bicyclic) bond motifs is 1. The Morgan fingerprint density at radius 2 is 2.09 bits per heavy atom. The van der Waals surface area contributed by atoms with E-state index >= 15 is 0 Å². The molecule has 1 amide bonds. The molecule has 11 heteroatoms. The monoisotopic (exact) mass is 462 g/mol. The molecular weight excluding hydrogens is 435 g/mol. The summed E-state index contributed by atoms with van der Waals surface area (Å²) in [5.41, 5.74) is 0.690. The Morgan fingerprint density at radius 1 is 1.25 bits per heavy atom. The van der Waals surface area contributed by atoms with E-state index in [0.29, 0.717) is 42.9 Å². The molecule has 32 heavy (non-hydrogen) atoms. The quantitative estimate of drug-likeness (QED) is 0.227. The van der Waals surface area contributed by atoms with Crippen LogP contribution in [0.2, 0.25) is 0 Å². The number of thioether (sulfide) groups is 1. The van der Waals surface area contributed by atoms with Gasteiger partial charge in [-0.3, -0.25) is 4.79 Å². The van der Waals surface area contributed by atoms with Crippen LogP contribution in [0.1, 0.15) is 13.3 Å². The number of anilines is 1. The van der Waals surface area contributed by atoms with Crippen LogP contribution < -0.4 is 15.4 Å². The zero-order valence-electron chi connectivity index (χ0n) is 18.1. The van der Waals surface area contributed by atoms with Crippen molar-refractivity contribution in [3.63, 3.8) is 0 Å². The number of hydrogen-bond acceptors (Lipinski definition) is 8. The third kappa shape index (κ3) is 6.54. The van der Waals surface area contributed by atoms with Gasteiger partial charge in [0.2, 0.25) is 0 Å². The minimum absolute atomic E-state index is 0.0445. The Hall–Kier alpha value is -2.92. The van der Waals surface area contributed by atoms with Crippen molar-refractivity contribution in [3.05, 3.63) is 36.3 Å². The molecule has 1 aromatic carbocycles. The zero-order chi connectivity index (χ0) is 22.8. The topological polar surface area (TPSA) is 103 Å². The number of carbonyl (C=O) groups excluding carboxylic acids is 1. The van der Waals surface area contributed by atoms with Crippen LogP contribution in [0.25, 0.3) is 11.0 Å². The number of carbonyl (C=O) groups is 1. The summed E-state index contributed by atoms with van der Waals surface area (Å²) in [5.74, 6) is 0.812. The van der Waals surface area contributed by atoms with Crippen molar-refractivity contribution in [2.45, 2.75) is 25.0 Å². The summed E-state index contributed by atoms with van der Waals surface area (Å²) in [6.45, 7) is 3.74. The van der Waals surface area contributed by atoms with Crippen molar-refractivity contribution >= 4 is 34.5 Å². The molecule has 0 saturated carbocycles. The number of benzene rings is 1. The van der Waals surface area contributed by atoms with Crippen molar-refractivity contribution in [2.24, 2.45) is 0 Å². The molecular formula is C21H27FN6O3S. The Balaban J connectivity index is 1.61. The average Bonchev–Trinajstić information content (AvgIpc) is 3.20. The van der Waals surface area contributed by atoms with Gasteiger partial charge in [-0.2, -0.15) is 5.10 Å². The number of aromatic nitrogens is 4. The number of hydrogen-bond donors (Lipinski definition) is 2. The van der Waals surface area contributed by atoms with Gasteiger partial charge in [-0.25, -0.2) is 19.0 Å². The van der Waals surface area contributed by atoms with E-state index < -0.39 is 5.82 Å². The zero-order valence-corrected chi connectivity index (χ0v) is 19.0. The highest BCUT2D eigenvalue weighted by Crippen LogP contribution is 2.24. The van der Waals surface area contributed by atoms with Crippen LogP contribution >= 0.6 is 11.8 Å². The van der Waals surface area contributed by atoms with Gasteiger partial charge < -0.3 is 20.1 Å². The molecule has 0 radical (unpaired) electrons. The van der Waals surface area contributed by atoms with Gasteiger partial charge in [0.1, 0.15) is 5.82 Å². The van der Waals surface area contributed by atoms with Crippen LogP contribution in [0.3, 0.4) is 0 Å². The minimum Gasteiger partial charge on any atom is -0.481 e. The highest BCUT2D eigenvalue weighted by Gasteiger charge is 2.14. The summed E-state index contributed by atoms with van der Waals surface area (Å²) in [6, 6.07) is 5.96. The maximum absolute atomic E-state index is 13.6. The second kappa shape index (κ2) is 12.2. The largest absolute Gasteiger partial charge is 0.481 e. The highest BCUT2D eigenvalue weighted by atomic mass is 32.2. The van der Waals surface area contributed by atoms with Gasteiger partial charge in [-0.05, 0) is 18.6 Å². The number of halogens is 1. The number of amides is 1. The molecule has 172 valence electrons. The minimum atomic E-state index is -0.505. The van der Waals surface area contributed by atoms with Gasteiger partial charge in [-0.1, -0.05) is 30.8 Å². The fourth-order valence-corrected chi connectivity index (χ4v) is 3.51. The molecule has 9 nitrogen and oxygen atoms in total. The third-order valence-electron chi connectivity index (χ3n) is 4.35.